The van der Waals surface area contributed by atoms with E-state index >= 15 is 0 Å². The molecule has 0 aliphatic heterocycles. The molecular weight excluding hydrogens is 183 g/mol. The van der Waals surface area contributed by atoms with Crippen LogP contribution in [0.5, 0.6) is 0 Å². The van der Waals surface area contributed by atoms with E-state index in [1.165, 1.54) is 0 Å². The van der Waals surface area contributed by atoms with Gasteiger partial charge < -0.3 is 0 Å². The molecule has 0 unspecified atom stereocenters. The summed E-state index contributed by atoms with van der Waals surface area (Å²) in [5.41, 5.74) is 0. The van der Waals surface area contributed by atoms with Crippen LogP contribution >= 0.6 is 0 Å². The van der Waals surface area contributed by atoms with Crippen molar-refractivity contribution in [1.82, 2.24) is 0 Å². The molecule has 0 aliphatic carbocycles. The molecule has 0 aromatic heterocycles. The van der Waals surface area contributed by atoms with E-state index in [4.69, 9.17) is 0 Å². The molecule has 48 valence electrons. The summed E-state index contributed by atoms with van der Waals surface area (Å²) in [4.78, 5) is 20.8. The van der Waals surface area contributed by atoms with E-state index in [0.717, 1.165) is 12.2 Å². The van der Waals surface area contributed by atoms with Crippen LogP contribution in [-0.2, 0) is 9.59 Å². The fraction of sp³-hybridized carbons (Fsp3) is 0. The van der Waals surface area contributed by atoms with E-state index in [1.807, 2.05) is 0 Å². The monoisotopic (exact) mass is 190 g/mol. The van der Waals surface area contributed by atoms with Crippen molar-refractivity contribution in [2.45, 2.75) is 0 Å². The van der Waals surface area contributed by atoms with Crippen molar-refractivity contribution in [2.24, 2.45) is 0 Å². The second-order valence-corrected chi connectivity index (χ2v) is 3.27. The van der Waals surface area contributed by atoms with Gasteiger partial charge in [0.15, 0.2) is 0 Å². The van der Waals surface area contributed by atoms with Gasteiger partial charge in [-0.15, -0.1) is 0 Å². The standard InChI is InChI=1S/C6H6O2Se/c1-3-5(7)9-6(8)4-2/h3-4H,1-2H2. The zero-order chi connectivity index (χ0) is 7.28. The maximum absolute atomic E-state index is 10.4. The summed E-state index contributed by atoms with van der Waals surface area (Å²) >= 11 is -0.622. The van der Waals surface area contributed by atoms with Gasteiger partial charge in [-0.3, -0.25) is 0 Å². The Kier molecular flexibility index (Phi) is 3.93. The summed E-state index contributed by atoms with van der Waals surface area (Å²) < 4.78 is -0.403. The molecular formula is C6H6O2Se. The molecule has 0 saturated heterocycles. The van der Waals surface area contributed by atoms with Crippen LogP contribution in [0.15, 0.2) is 25.3 Å². The maximum atomic E-state index is 10.4. The van der Waals surface area contributed by atoms with Crippen LogP contribution in [0.4, 0.5) is 0 Å². The molecule has 0 radical (unpaired) electrons. The third-order valence-corrected chi connectivity index (χ3v) is 2.08. The first-order chi connectivity index (χ1) is 4.20. The molecule has 0 bridgehead atoms. The van der Waals surface area contributed by atoms with E-state index in [0.29, 0.717) is 0 Å². The first-order valence-electron chi connectivity index (χ1n) is 2.21. The quantitative estimate of drug-likeness (QED) is 0.464. The van der Waals surface area contributed by atoms with Gasteiger partial charge in [0.25, 0.3) is 0 Å². The van der Waals surface area contributed by atoms with Gasteiger partial charge in [-0.25, -0.2) is 0 Å². The minimum atomic E-state index is -0.622. The van der Waals surface area contributed by atoms with Gasteiger partial charge in [-0.1, -0.05) is 0 Å². The van der Waals surface area contributed by atoms with Crippen molar-refractivity contribution in [3.05, 3.63) is 25.3 Å². The van der Waals surface area contributed by atoms with Gasteiger partial charge in [0, 0.05) is 0 Å². The van der Waals surface area contributed by atoms with Crippen molar-refractivity contribution in [2.75, 3.05) is 0 Å². The number of hydrogen-bond acceptors (Lipinski definition) is 2. The molecule has 0 rings (SSSR count). The van der Waals surface area contributed by atoms with Gasteiger partial charge in [0.05, 0.1) is 0 Å². The Hall–Kier alpha value is -0.661. The minimum absolute atomic E-state index is 0.201. The summed E-state index contributed by atoms with van der Waals surface area (Å²) in [5, 5.41) is 0. The molecule has 0 aliphatic rings. The van der Waals surface area contributed by atoms with Crippen molar-refractivity contribution in [1.29, 1.82) is 0 Å². The van der Waals surface area contributed by atoms with Crippen LogP contribution in [0.25, 0.3) is 0 Å². The fourth-order valence-corrected chi connectivity index (χ4v) is 0.948. The Labute approximate surface area is 59.8 Å². The first-order valence-corrected chi connectivity index (χ1v) is 3.92. The predicted molar refractivity (Wildman–Crippen MR) is 36.2 cm³/mol. The molecule has 0 spiro atoms. The Balaban J connectivity index is 3.73. The molecule has 2 nitrogen and oxygen atoms in total. The molecule has 0 saturated carbocycles. The number of allylic oxidation sites excluding steroid dienone is 2. The molecule has 0 N–H and O–H groups in total. The van der Waals surface area contributed by atoms with Crippen LogP contribution < -0.4 is 0 Å². The molecule has 0 heterocycles. The van der Waals surface area contributed by atoms with Crippen LogP contribution in [-0.4, -0.2) is 24.3 Å². The number of carbonyl (C=O) groups excluding carboxylic acids is 2. The topological polar surface area (TPSA) is 34.1 Å². The van der Waals surface area contributed by atoms with Gasteiger partial charge in [0.2, 0.25) is 0 Å². The normalized spacial score (nSPS) is 8.00. The van der Waals surface area contributed by atoms with E-state index in [1.54, 1.807) is 0 Å². The van der Waals surface area contributed by atoms with Crippen LogP contribution in [0.1, 0.15) is 0 Å². The summed E-state index contributed by atoms with van der Waals surface area (Å²) in [6, 6.07) is 0. The Morgan fingerprint density at radius 2 is 1.44 bits per heavy atom. The number of carbonyl (C=O) groups is 2. The van der Waals surface area contributed by atoms with E-state index < -0.39 is 15.0 Å². The second kappa shape index (κ2) is 4.24. The van der Waals surface area contributed by atoms with Crippen molar-refractivity contribution < 1.29 is 9.59 Å². The molecule has 0 aromatic rings. The summed E-state index contributed by atoms with van der Waals surface area (Å²) in [6.45, 7) is 6.46. The van der Waals surface area contributed by atoms with Gasteiger partial charge in [0.1, 0.15) is 0 Å². The van der Waals surface area contributed by atoms with E-state index in [9.17, 15) is 9.59 Å². The number of hydrogen-bond donors (Lipinski definition) is 0. The zero-order valence-electron chi connectivity index (χ0n) is 4.79. The average molecular weight is 189 g/mol. The van der Waals surface area contributed by atoms with Gasteiger partial charge in [-0.05, 0) is 0 Å². The SMILES string of the molecule is C=CC(=O)[Se]C(=O)C=C. The molecule has 0 atom stereocenters. The molecule has 9 heavy (non-hydrogen) atoms. The third kappa shape index (κ3) is 3.88. The summed E-state index contributed by atoms with van der Waals surface area (Å²) in [6.07, 6.45) is 2.31. The first kappa shape index (κ1) is 8.34. The average Bonchev–Trinajstić information content (AvgIpc) is 1.87. The van der Waals surface area contributed by atoms with Crippen LogP contribution in [0, 0.1) is 0 Å². The Morgan fingerprint density at radius 3 is 1.67 bits per heavy atom. The van der Waals surface area contributed by atoms with E-state index in [-0.39, 0.29) is 9.36 Å². The second-order valence-electron chi connectivity index (χ2n) is 1.15. The molecule has 0 aromatic carbocycles. The Morgan fingerprint density at radius 1 is 1.11 bits per heavy atom. The summed E-state index contributed by atoms with van der Waals surface area (Å²) in [5.74, 6) is 0. The zero-order valence-corrected chi connectivity index (χ0v) is 6.51. The Bertz CT molecular complexity index is 142. The van der Waals surface area contributed by atoms with Crippen LogP contribution in [0.2, 0.25) is 0 Å². The van der Waals surface area contributed by atoms with Crippen molar-refractivity contribution >= 4 is 24.3 Å². The van der Waals surface area contributed by atoms with Crippen molar-refractivity contribution in [3.8, 4) is 0 Å². The third-order valence-electron chi connectivity index (χ3n) is 0.535. The predicted octanol–water partition coefficient (Wildman–Crippen LogP) is 0.116. The summed E-state index contributed by atoms with van der Waals surface area (Å²) in [7, 11) is 0. The molecule has 3 heteroatoms. The van der Waals surface area contributed by atoms with Gasteiger partial charge in [-0.2, -0.15) is 0 Å². The van der Waals surface area contributed by atoms with Crippen LogP contribution in [0.3, 0.4) is 0 Å². The molecule has 0 fully saturated rings. The number of rotatable bonds is 4. The van der Waals surface area contributed by atoms with Crippen molar-refractivity contribution in [3.63, 3.8) is 0 Å². The fourth-order valence-electron chi connectivity index (χ4n) is 0.182. The molecule has 0 amide bonds. The van der Waals surface area contributed by atoms with Gasteiger partial charge >= 0.3 is 59.2 Å². The van der Waals surface area contributed by atoms with E-state index in [2.05, 4.69) is 13.2 Å².